The average molecular weight is 336 g/mol. The maximum atomic E-state index is 10.1. The molecule has 24 heavy (non-hydrogen) atoms. The number of benzene rings is 1. The molecular formula is C17H20O7. The molecule has 2 fully saturated rings. The topological polar surface area (TPSA) is 101 Å². The van der Waals surface area contributed by atoms with Crippen molar-refractivity contribution in [3.8, 4) is 11.5 Å². The van der Waals surface area contributed by atoms with Gasteiger partial charge in [0.1, 0.15) is 24.4 Å². The van der Waals surface area contributed by atoms with Crippen molar-refractivity contribution < 1.29 is 34.3 Å². The maximum absolute atomic E-state index is 10.1. The van der Waals surface area contributed by atoms with Gasteiger partial charge < -0.3 is 34.3 Å². The summed E-state index contributed by atoms with van der Waals surface area (Å²) in [7, 11) is 0. The van der Waals surface area contributed by atoms with Crippen molar-refractivity contribution in [1.29, 1.82) is 0 Å². The van der Waals surface area contributed by atoms with Crippen LogP contribution in [0.25, 0.3) is 5.57 Å². The number of aliphatic hydroxyl groups is 3. The fraction of sp³-hybridized carbons (Fsp3) is 0.529. The van der Waals surface area contributed by atoms with Crippen LogP contribution in [0, 0.1) is 0 Å². The third-order valence-corrected chi connectivity index (χ3v) is 4.59. The van der Waals surface area contributed by atoms with Crippen LogP contribution in [0.15, 0.2) is 24.3 Å². The predicted molar refractivity (Wildman–Crippen MR) is 82.4 cm³/mol. The molecule has 2 saturated heterocycles. The van der Waals surface area contributed by atoms with E-state index >= 15 is 0 Å². The molecule has 3 aliphatic heterocycles. The molecule has 0 amide bonds. The molecule has 0 aliphatic carbocycles. The number of fused-ring (bicyclic) bond motifs is 2. The zero-order valence-corrected chi connectivity index (χ0v) is 13.3. The molecule has 4 rings (SSSR count). The zero-order chi connectivity index (χ0) is 17.0. The van der Waals surface area contributed by atoms with Crippen molar-refractivity contribution in [3.63, 3.8) is 0 Å². The Balaban J connectivity index is 1.62. The van der Waals surface area contributed by atoms with E-state index in [1.807, 2.05) is 25.1 Å². The standard InChI is InChI=1S/C17H20O7/c1-7-6-11-16(23-11)24-15-9(7)4-3-5-10(15)22-17-14(20)13(19)12(18)8(2)21-17/h3-6,8,11-14,16-20H,1-2H3. The largest absolute Gasteiger partial charge is 0.458 e. The number of ether oxygens (including phenoxy) is 4. The van der Waals surface area contributed by atoms with Gasteiger partial charge in [0, 0.05) is 5.56 Å². The van der Waals surface area contributed by atoms with E-state index < -0.39 is 30.7 Å². The summed E-state index contributed by atoms with van der Waals surface area (Å²) in [6.07, 6.45) is -4.08. The monoisotopic (exact) mass is 336 g/mol. The summed E-state index contributed by atoms with van der Waals surface area (Å²) < 4.78 is 22.5. The van der Waals surface area contributed by atoms with Crippen molar-refractivity contribution in [2.75, 3.05) is 0 Å². The van der Waals surface area contributed by atoms with Gasteiger partial charge in [0.25, 0.3) is 0 Å². The van der Waals surface area contributed by atoms with Crippen molar-refractivity contribution in [2.45, 2.75) is 56.9 Å². The highest BCUT2D eigenvalue weighted by molar-refractivity contribution is 5.73. The molecule has 7 heteroatoms. The highest BCUT2D eigenvalue weighted by Gasteiger charge is 2.45. The van der Waals surface area contributed by atoms with Crippen LogP contribution in [-0.4, -0.2) is 58.4 Å². The molecule has 130 valence electrons. The van der Waals surface area contributed by atoms with E-state index in [2.05, 4.69) is 0 Å². The van der Waals surface area contributed by atoms with Gasteiger partial charge in [-0.05, 0) is 31.6 Å². The lowest BCUT2D eigenvalue weighted by atomic mass is 10.00. The Labute approximate surface area is 139 Å². The quantitative estimate of drug-likeness (QED) is 0.673. The van der Waals surface area contributed by atoms with Crippen molar-refractivity contribution in [3.05, 3.63) is 29.8 Å². The molecule has 7 atom stereocenters. The van der Waals surface area contributed by atoms with Crippen LogP contribution in [0.5, 0.6) is 11.5 Å². The number of hydrogen-bond donors (Lipinski definition) is 3. The van der Waals surface area contributed by atoms with Gasteiger partial charge in [-0.2, -0.15) is 0 Å². The first-order valence-electron chi connectivity index (χ1n) is 7.96. The van der Waals surface area contributed by atoms with E-state index in [4.69, 9.17) is 18.9 Å². The van der Waals surface area contributed by atoms with Crippen molar-refractivity contribution >= 4 is 5.57 Å². The minimum Gasteiger partial charge on any atom is -0.458 e. The number of epoxide rings is 1. The molecule has 7 nitrogen and oxygen atoms in total. The number of rotatable bonds is 2. The summed E-state index contributed by atoms with van der Waals surface area (Å²) in [4.78, 5) is 0. The highest BCUT2D eigenvalue weighted by Crippen LogP contribution is 2.43. The lowest BCUT2D eigenvalue weighted by Crippen LogP contribution is -2.58. The number of hydrogen-bond acceptors (Lipinski definition) is 7. The molecule has 0 spiro atoms. The summed E-state index contributed by atoms with van der Waals surface area (Å²) in [5.74, 6) is 0.900. The maximum Gasteiger partial charge on any atom is 0.231 e. The summed E-state index contributed by atoms with van der Waals surface area (Å²) in [6, 6.07) is 5.43. The van der Waals surface area contributed by atoms with Gasteiger partial charge >= 0.3 is 0 Å². The van der Waals surface area contributed by atoms with Crippen LogP contribution in [0.4, 0.5) is 0 Å². The molecule has 1 aromatic carbocycles. The van der Waals surface area contributed by atoms with Crippen LogP contribution in [0.3, 0.4) is 0 Å². The highest BCUT2D eigenvalue weighted by atomic mass is 16.8. The Morgan fingerprint density at radius 2 is 1.83 bits per heavy atom. The second-order valence-electron chi connectivity index (χ2n) is 6.37. The third kappa shape index (κ3) is 2.58. The first-order valence-corrected chi connectivity index (χ1v) is 7.96. The lowest BCUT2D eigenvalue weighted by molar-refractivity contribution is -0.268. The minimum absolute atomic E-state index is 0.0567. The van der Waals surface area contributed by atoms with Gasteiger partial charge in [-0.3, -0.25) is 0 Å². The van der Waals surface area contributed by atoms with E-state index in [1.54, 1.807) is 13.0 Å². The van der Waals surface area contributed by atoms with E-state index in [-0.39, 0.29) is 12.4 Å². The average Bonchev–Trinajstić information content (AvgIpc) is 3.30. The van der Waals surface area contributed by atoms with Gasteiger partial charge in [0.2, 0.25) is 12.6 Å². The fourth-order valence-corrected chi connectivity index (χ4v) is 3.05. The molecular weight excluding hydrogens is 316 g/mol. The van der Waals surface area contributed by atoms with Crippen LogP contribution >= 0.6 is 0 Å². The van der Waals surface area contributed by atoms with Crippen LogP contribution in [0.1, 0.15) is 19.4 Å². The SMILES string of the molecule is CC1=CC2OC2Oc2c(OC3OC(C)C(O)C(O)C3O)cccc21. The summed E-state index contributed by atoms with van der Waals surface area (Å²) >= 11 is 0. The van der Waals surface area contributed by atoms with Crippen molar-refractivity contribution in [2.24, 2.45) is 0 Å². The molecule has 3 aliphatic rings. The number of para-hydroxylation sites is 1. The Morgan fingerprint density at radius 1 is 1.04 bits per heavy atom. The number of aliphatic hydroxyl groups excluding tert-OH is 3. The van der Waals surface area contributed by atoms with Gasteiger partial charge in [-0.25, -0.2) is 0 Å². The van der Waals surface area contributed by atoms with Crippen LogP contribution in [0.2, 0.25) is 0 Å². The van der Waals surface area contributed by atoms with Crippen molar-refractivity contribution in [1.82, 2.24) is 0 Å². The van der Waals surface area contributed by atoms with Gasteiger partial charge in [-0.15, -0.1) is 0 Å². The second kappa shape index (κ2) is 5.72. The lowest BCUT2D eigenvalue weighted by Gasteiger charge is -2.39. The summed E-state index contributed by atoms with van der Waals surface area (Å²) in [6.45, 7) is 3.57. The van der Waals surface area contributed by atoms with Crippen LogP contribution in [-0.2, 0) is 9.47 Å². The second-order valence-corrected chi connectivity index (χ2v) is 6.37. The minimum atomic E-state index is -1.38. The van der Waals surface area contributed by atoms with E-state index in [9.17, 15) is 15.3 Å². The Kier molecular flexibility index (Phi) is 3.78. The molecule has 3 heterocycles. The zero-order valence-electron chi connectivity index (χ0n) is 13.3. The third-order valence-electron chi connectivity index (χ3n) is 4.59. The van der Waals surface area contributed by atoms with Gasteiger partial charge in [0.05, 0.1) is 6.10 Å². The first-order chi connectivity index (χ1) is 11.5. The summed E-state index contributed by atoms with van der Waals surface area (Å²) in [5, 5.41) is 29.8. The molecule has 0 bridgehead atoms. The van der Waals surface area contributed by atoms with E-state index in [0.717, 1.165) is 11.1 Å². The molecule has 0 radical (unpaired) electrons. The fourth-order valence-electron chi connectivity index (χ4n) is 3.05. The van der Waals surface area contributed by atoms with E-state index in [0.29, 0.717) is 11.5 Å². The smallest absolute Gasteiger partial charge is 0.231 e. The molecule has 3 N–H and O–H groups in total. The molecule has 0 saturated carbocycles. The Hall–Kier alpha value is -1.64. The molecule has 1 aromatic rings. The predicted octanol–water partition coefficient (Wildman–Crippen LogP) is 0.413. The first kappa shape index (κ1) is 15.9. The van der Waals surface area contributed by atoms with E-state index in [1.165, 1.54) is 0 Å². The van der Waals surface area contributed by atoms with Gasteiger partial charge in [-0.1, -0.05) is 12.1 Å². The molecule has 0 aromatic heterocycles. The molecule has 7 unspecified atom stereocenters. The summed E-state index contributed by atoms with van der Waals surface area (Å²) in [5.41, 5.74) is 1.89. The number of allylic oxidation sites excluding steroid dienone is 1. The van der Waals surface area contributed by atoms with Gasteiger partial charge in [0.15, 0.2) is 11.5 Å². The normalized spacial score (nSPS) is 40.5. The van der Waals surface area contributed by atoms with Crippen LogP contribution < -0.4 is 9.47 Å². The Morgan fingerprint density at radius 3 is 2.62 bits per heavy atom. The Bertz CT molecular complexity index is 673.